The van der Waals surface area contributed by atoms with E-state index in [1.54, 1.807) is 6.07 Å². The molecule has 0 aliphatic rings. The summed E-state index contributed by atoms with van der Waals surface area (Å²) in [5.41, 5.74) is -0.464. The summed E-state index contributed by atoms with van der Waals surface area (Å²) in [6.07, 6.45) is -4.56. The summed E-state index contributed by atoms with van der Waals surface area (Å²) in [6, 6.07) is 7.73. The summed E-state index contributed by atoms with van der Waals surface area (Å²) in [5.74, 6) is 0.0545. The number of benzene rings is 2. The minimum absolute atomic E-state index is 0.0449. The van der Waals surface area contributed by atoms with Crippen LogP contribution in [0.1, 0.15) is 11.5 Å². The molecule has 6 nitrogen and oxygen atoms in total. The molecule has 1 aromatic heterocycles. The van der Waals surface area contributed by atoms with Gasteiger partial charge in [0.2, 0.25) is 21.8 Å². The summed E-state index contributed by atoms with van der Waals surface area (Å²) >= 11 is 11.7. The van der Waals surface area contributed by atoms with Crippen LogP contribution in [0.5, 0.6) is 0 Å². The molecule has 0 radical (unpaired) electrons. The molecule has 2 aromatic carbocycles. The van der Waals surface area contributed by atoms with Crippen LogP contribution < -0.4 is 4.72 Å². The number of nitrogens with one attached hydrogen (secondary N) is 1. The minimum atomic E-state index is -4.56. The third kappa shape index (κ3) is 4.64. The van der Waals surface area contributed by atoms with E-state index in [-0.39, 0.29) is 28.2 Å². The van der Waals surface area contributed by atoms with Crippen LogP contribution in [0.4, 0.5) is 13.2 Å². The Hall–Kier alpha value is -2.14. The Bertz CT molecular complexity index is 1100. The van der Waals surface area contributed by atoms with Crippen LogP contribution in [0.15, 0.2) is 51.8 Å². The van der Waals surface area contributed by atoms with Gasteiger partial charge in [-0.1, -0.05) is 23.2 Å². The van der Waals surface area contributed by atoms with E-state index in [4.69, 9.17) is 27.6 Å². The first-order valence-corrected chi connectivity index (χ1v) is 9.75. The van der Waals surface area contributed by atoms with Crippen LogP contribution in [-0.2, 0) is 22.7 Å². The molecule has 0 bridgehead atoms. The zero-order valence-corrected chi connectivity index (χ0v) is 16.0. The molecule has 148 valence electrons. The lowest BCUT2D eigenvalue weighted by atomic mass is 10.2. The fourth-order valence-electron chi connectivity index (χ4n) is 2.13. The van der Waals surface area contributed by atoms with Gasteiger partial charge in [0.25, 0.3) is 0 Å². The molecule has 1 N–H and O–H groups in total. The second-order valence-electron chi connectivity index (χ2n) is 5.48. The fraction of sp³-hybridized carbons (Fsp3) is 0.125. The smallest absolute Gasteiger partial charge is 0.416 e. The van der Waals surface area contributed by atoms with Gasteiger partial charge in [0, 0.05) is 5.56 Å². The first-order chi connectivity index (χ1) is 13.1. The topological polar surface area (TPSA) is 85.1 Å². The summed E-state index contributed by atoms with van der Waals surface area (Å²) < 4.78 is 69.7. The molecular formula is C16H10Cl2F3N3O3S. The van der Waals surface area contributed by atoms with Gasteiger partial charge in [0.15, 0.2) is 0 Å². The zero-order chi connectivity index (χ0) is 20.5. The Morgan fingerprint density at radius 3 is 2.29 bits per heavy atom. The van der Waals surface area contributed by atoms with Gasteiger partial charge in [0.1, 0.15) is 0 Å². The molecule has 28 heavy (non-hydrogen) atoms. The van der Waals surface area contributed by atoms with Crippen molar-refractivity contribution in [3.8, 4) is 11.5 Å². The van der Waals surface area contributed by atoms with Crippen LogP contribution >= 0.6 is 23.2 Å². The zero-order valence-electron chi connectivity index (χ0n) is 13.7. The van der Waals surface area contributed by atoms with Gasteiger partial charge in [-0.25, -0.2) is 13.1 Å². The predicted octanol–water partition coefficient (Wildman–Crippen LogP) is 4.54. The maximum atomic E-state index is 12.6. The van der Waals surface area contributed by atoms with E-state index in [9.17, 15) is 21.6 Å². The average molecular weight is 452 g/mol. The first-order valence-electron chi connectivity index (χ1n) is 7.51. The number of alkyl halides is 3. The highest BCUT2D eigenvalue weighted by Gasteiger charge is 2.30. The number of halogens is 5. The van der Waals surface area contributed by atoms with Crippen LogP contribution in [0, 0.1) is 0 Å². The number of nitrogens with zero attached hydrogens (tertiary/aromatic N) is 2. The number of aromatic nitrogens is 2. The number of rotatable bonds is 5. The molecule has 0 amide bonds. The number of hydrogen-bond acceptors (Lipinski definition) is 5. The van der Waals surface area contributed by atoms with Gasteiger partial charge in [-0.3, -0.25) is 0 Å². The van der Waals surface area contributed by atoms with Crippen molar-refractivity contribution in [2.75, 3.05) is 0 Å². The van der Waals surface area contributed by atoms with Crippen LogP contribution in [0.3, 0.4) is 0 Å². The Labute approximate surface area is 167 Å². The monoisotopic (exact) mass is 451 g/mol. The van der Waals surface area contributed by atoms with E-state index in [0.29, 0.717) is 22.7 Å². The van der Waals surface area contributed by atoms with Crippen LogP contribution in [0.25, 0.3) is 11.5 Å². The van der Waals surface area contributed by atoms with E-state index < -0.39 is 21.8 Å². The molecule has 12 heteroatoms. The normalized spacial score (nSPS) is 12.3. The Morgan fingerprint density at radius 2 is 1.68 bits per heavy atom. The van der Waals surface area contributed by atoms with E-state index in [1.807, 2.05) is 0 Å². The van der Waals surface area contributed by atoms with Gasteiger partial charge >= 0.3 is 6.18 Å². The molecule has 0 aliphatic heterocycles. The highest BCUT2D eigenvalue weighted by Crippen LogP contribution is 2.30. The van der Waals surface area contributed by atoms with Gasteiger partial charge in [-0.15, -0.1) is 10.2 Å². The summed E-state index contributed by atoms with van der Waals surface area (Å²) in [4.78, 5) is -0.329. The molecule has 0 aliphatic carbocycles. The lowest BCUT2D eigenvalue weighted by molar-refractivity contribution is -0.137. The van der Waals surface area contributed by atoms with Crippen molar-refractivity contribution in [2.45, 2.75) is 17.6 Å². The molecule has 0 unspecified atom stereocenters. The largest absolute Gasteiger partial charge is 0.419 e. The summed E-state index contributed by atoms with van der Waals surface area (Å²) in [6.45, 7) is -0.350. The summed E-state index contributed by atoms with van der Waals surface area (Å²) in [5, 5.41) is 8.13. The maximum absolute atomic E-state index is 12.6. The summed E-state index contributed by atoms with van der Waals surface area (Å²) in [7, 11) is -4.07. The van der Waals surface area contributed by atoms with Gasteiger partial charge in [0.05, 0.1) is 27.0 Å². The van der Waals surface area contributed by atoms with E-state index >= 15 is 0 Å². The third-order valence-electron chi connectivity index (χ3n) is 3.54. The molecule has 3 aromatic rings. The molecule has 0 spiro atoms. The standard InChI is InChI=1S/C16H10Cl2F3N3O3S/c17-12-6-1-9(7-13(12)18)15-24-23-14(27-15)8-22-28(25,26)11-4-2-10(3-5-11)16(19,20)21/h1-7,22H,8H2. The van der Waals surface area contributed by atoms with E-state index in [2.05, 4.69) is 14.9 Å². The average Bonchev–Trinajstić information content (AvgIpc) is 3.11. The van der Waals surface area contributed by atoms with Gasteiger partial charge < -0.3 is 4.42 Å². The molecule has 0 atom stereocenters. The predicted molar refractivity (Wildman–Crippen MR) is 95.2 cm³/mol. The molecule has 0 saturated heterocycles. The van der Waals surface area contributed by atoms with E-state index in [1.165, 1.54) is 12.1 Å². The maximum Gasteiger partial charge on any atom is 0.416 e. The van der Waals surface area contributed by atoms with Gasteiger partial charge in [-0.05, 0) is 42.5 Å². The van der Waals surface area contributed by atoms with Crippen molar-refractivity contribution in [3.63, 3.8) is 0 Å². The van der Waals surface area contributed by atoms with Crippen molar-refractivity contribution >= 4 is 33.2 Å². The van der Waals surface area contributed by atoms with Crippen LogP contribution in [0.2, 0.25) is 10.0 Å². The SMILES string of the molecule is O=S(=O)(NCc1nnc(-c2ccc(Cl)c(Cl)c2)o1)c1ccc(C(F)(F)F)cc1. The second-order valence-corrected chi connectivity index (χ2v) is 8.06. The Morgan fingerprint density at radius 1 is 1.00 bits per heavy atom. The van der Waals surface area contributed by atoms with Crippen molar-refractivity contribution in [2.24, 2.45) is 0 Å². The fourth-order valence-corrected chi connectivity index (χ4v) is 3.41. The van der Waals surface area contributed by atoms with Crippen molar-refractivity contribution < 1.29 is 26.0 Å². The van der Waals surface area contributed by atoms with Crippen molar-refractivity contribution in [1.29, 1.82) is 0 Å². The second kappa shape index (κ2) is 7.70. The Balaban J connectivity index is 1.71. The number of sulfonamides is 1. The molecule has 3 rings (SSSR count). The molecule has 1 heterocycles. The molecule has 0 fully saturated rings. The van der Waals surface area contributed by atoms with Crippen molar-refractivity contribution in [3.05, 3.63) is 64.0 Å². The van der Waals surface area contributed by atoms with E-state index in [0.717, 1.165) is 12.1 Å². The highest BCUT2D eigenvalue weighted by atomic mass is 35.5. The lowest BCUT2D eigenvalue weighted by Gasteiger charge is -2.08. The number of hydrogen-bond donors (Lipinski definition) is 1. The molecular weight excluding hydrogens is 442 g/mol. The first kappa shape index (κ1) is 20.6. The van der Waals surface area contributed by atoms with Crippen LogP contribution in [-0.4, -0.2) is 18.6 Å². The van der Waals surface area contributed by atoms with Gasteiger partial charge in [-0.2, -0.15) is 13.2 Å². The lowest BCUT2D eigenvalue weighted by Crippen LogP contribution is -2.23. The quantitative estimate of drug-likeness (QED) is 0.615. The van der Waals surface area contributed by atoms with Crippen molar-refractivity contribution in [1.82, 2.24) is 14.9 Å². The third-order valence-corrected chi connectivity index (χ3v) is 5.69. The molecule has 0 saturated carbocycles. The highest BCUT2D eigenvalue weighted by molar-refractivity contribution is 7.89. The Kier molecular flexibility index (Phi) is 5.67. The minimum Gasteiger partial charge on any atom is -0.419 e.